The summed E-state index contributed by atoms with van der Waals surface area (Å²) in [5.74, 6) is -0.765. The van der Waals surface area contributed by atoms with Crippen LogP contribution in [0.25, 0.3) is 0 Å². The number of hydrogen-bond donors (Lipinski definition) is 1. The van der Waals surface area contributed by atoms with Crippen LogP contribution in [0, 0.1) is 12.8 Å². The molecule has 0 aliphatic carbocycles. The molecule has 2 aliphatic heterocycles. The van der Waals surface area contributed by atoms with Crippen LogP contribution in [0.2, 0.25) is 0 Å². The average Bonchev–Trinajstić information content (AvgIpc) is 3.10. The molecule has 2 fully saturated rings. The van der Waals surface area contributed by atoms with Crippen molar-refractivity contribution in [3.05, 3.63) is 17.0 Å². The van der Waals surface area contributed by atoms with E-state index in [-0.39, 0.29) is 38.1 Å². The fraction of sp³-hybridized carbons (Fsp3) is 0.647. The van der Waals surface area contributed by atoms with E-state index in [2.05, 4.69) is 0 Å². The summed E-state index contributed by atoms with van der Waals surface area (Å²) in [5.41, 5.74) is 0. The van der Waals surface area contributed by atoms with Crippen molar-refractivity contribution in [2.24, 2.45) is 5.92 Å². The van der Waals surface area contributed by atoms with Crippen LogP contribution in [0.4, 0.5) is 0 Å². The molecule has 2 amide bonds. The highest BCUT2D eigenvalue weighted by Gasteiger charge is 2.37. The Hall–Kier alpha value is -1.49. The lowest BCUT2D eigenvalue weighted by molar-refractivity contribution is -0.148. The van der Waals surface area contributed by atoms with E-state index < -0.39 is 15.9 Å². The van der Waals surface area contributed by atoms with Crippen LogP contribution in [0.1, 0.15) is 17.7 Å². The van der Waals surface area contributed by atoms with Gasteiger partial charge in [0.1, 0.15) is 4.21 Å². The first-order chi connectivity index (χ1) is 12.8. The van der Waals surface area contributed by atoms with Crippen LogP contribution in [-0.2, 0) is 19.6 Å². The zero-order chi connectivity index (χ0) is 19.6. The first-order valence-corrected chi connectivity index (χ1v) is 11.3. The summed E-state index contributed by atoms with van der Waals surface area (Å²) in [4.78, 5) is 29.0. The molecule has 0 radical (unpaired) electrons. The highest BCUT2D eigenvalue weighted by Crippen LogP contribution is 2.29. The fourth-order valence-corrected chi connectivity index (χ4v) is 6.51. The van der Waals surface area contributed by atoms with E-state index in [4.69, 9.17) is 5.11 Å². The van der Waals surface area contributed by atoms with Crippen LogP contribution in [0.3, 0.4) is 0 Å². The Balaban J connectivity index is 1.66. The monoisotopic (exact) mass is 415 g/mol. The number of thiophene rings is 1. The topological polar surface area (TPSA) is 98.2 Å². The van der Waals surface area contributed by atoms with Crippen molar-refractivity contribution in [1.29, 1.82) is 0 Å². The van der Waals surface area contributed by atoms with Crippen molar-refractivity contribution >= 4 is 33.2 Å². The number of amides is 2. The first-order valence-electron chi connectivity index (χ1n) is 9.07. The van der Waals surface area contributed by atoms with Crippen molar-refractivity contribution < 1.29 is 23.1 Å². The standard InChI is InChI=1S/C17H25N3O5S2/c1-13-4-5-16(26-13)27(24,25)20-6-2-3-14(11-20)17(23)19-8-7-18(9-10-21)15(22)12-19/h4-5,14,21H,2-3,6-12H2,1H3/t14-/m0/s1. The Labute approximate surface area is 163 Å². The summed E-state index contributed by atoms with van der Waals surface area (Å²) in [7, 11) is -3.59. The first kappa shape index (κ1) is 20.2. The van der Waals surface area contributed by atoms with Crippen molar-refractivity contribution in [3.8, 4) is 0 Å². The number of piperidine rings is 1. The molecule has 0 spiro atoms. The van der Waals surface area contributed by atoms with E-state index in [0.717, 1.165) is 4.88 Å². The fourth-order valence-electron chi connectivity index (χ4n) is 3.55. The number of β-amino-alcohol motifs (C(OH)–C–C–N with tert-alkyl or cyclic N) is 1. The third-order valence-corrected chi connectivity index (χ3v) is 8.38. The Morgan fingerprint density at radius 2 is 2.07 bits per heavy atom. The molecule has 1 aromatic heterocycles. The summed E-state index contributed by atoms with van der Waals surface area (Å²) in [6, 6.07) is 3.39. The second kappa shape index (κ2) is 8.26. The zero-order valence-electron chi connectivity index (χ0n) is 15.3. The maximum atomic E-state index is 12.9. The van der Waals surface area contributed by atoms with Gasteiger partial charge < -0.3 is 14.9 Å². The molecule has 0 unspecified atom stereocenters. The number of aliphatic hydroxyl groups is 1. The smallest absolute Gasteiger partial charge is 0.252 e. The van der Waals surface area contributed by atoms with E-state index >= 15 is 0 Å². The van der Waals surface area contributed by atoms with Gasteiger partial charge in [0.25, 0.3) is 10.0 Å². The van der Waals surface area contributed by atoms with Crippen LogP contribution in [-0.4, -0.2) is 85.3 Å². The lowest BCUT2D eigenvalue weighted by Crippen LogP contribution is -2.55. The van der Waals surface area contributed by atoms with E-state index in [1.54, 1.807) is 17.0 Å². The number of piperazine rings is 1. The van der Waals surface area contributed by atoms with Gasteiger partial charge in [-0.05, 0) is 31.9 Å². The van der Waals surface area contributed by atoms with Crippen molar-refractivity contribution in [3.63, 3.8) is 0 Å². The maximum Gasteiger partial charge on any atom is 0.252 e. The lowest BCUT2D eigenvalue weighted by atomic mass is 9.97. The molecule has 0 aromatic carbocycles. The second-order valence-electron chi connectivity index (χ2n) is 6.93. The van der Waals surface area contributed by atoms with E-state index in [9.17, 15) is 18.0 Å². The van der Waals surface area contributed by atoms with E-state index in [0.29, 0.717) is 36.7 Å². The number of aryl methyl sites for hydroxylation is 1. The number of sulfonamides is 1. The molecule has 2 aliphatic rings. The summed E-state index contributed by atoms with van der Waals surface area (Å²) in [5, 5.41) is 8.98. The molecule has 1 atom stereocenters. The summed E-state index contributed by atoms with van der Waals surface area (Å²) >= 11 is 1.24. The predicted molar refractivity (Wildman–Crippen MR) is 101 cm³/mol. The molecule has 0 saturated carbocycles. The van der Waals surface area contributed by atoms with Crippen LogP contribution < -0.4 is 0 Å². The SMILES string of the molecule is Cc1ccc(S(=O)(=O)N2CCC[C@H](C(=O)N3CCN(CCO)C(=O)C3)C2)s1. The number of nitrogens with zero attached hydrogens (tertiary/aromatic N) is 3. The Kier molecular flexibility index (Phi) is 6.19. The van der Waals surface area contributed by atoms with Gasteiger partial charge in [-0.25, -0.2) is 8.42 Å². The van der Waals surface area contributed by atoms with Crippen LogP contribution in [0.5, 0.6) is 0 Å². The van der Waals surface area contributed by atoms with Gasteiger partial charge in [-0.15, -0.1) is 11.3 Å². The molecule has 2 saturated heterocycles. The van der Waals surface area contributed by atoms with Crippen LogP contribution in [0.15, 0.2) is 16.3 Å². The normalized spacial score (nSPS) is 22.3. The molecule has 150 valence electrons. The summed E-state index contributed by atoms with van der Waals surface area (Å²) < 4.78 is 27.4. The van der Waals surface area contributed by atoms with Crippen molar-refractivity contribution in [2.75, 3.05) is 45.9 Å². The third kappa shape index (κ3) is 4.34. The van der Waals surface area contributed by atoms with Gasteiger partial charge in [0.15, 0.2) is 0 Å². The number of carbonyl (C=O) groups is 2. The predicted octanol–water partition coefficient (Wildman–Crippen LogP) is 0.120. The minimum absolute atomic E-state index is 0.00774. The summed E-state index contributed by atoms with van der Waals surface area (Å²) in [6.45, 7) is 3.40. The van der Waals surface area contributed by atoms with Gasteiger partial charge in [0.2, 0.25) is 11.8 Å². The zero-order valence-corrected chi connectivity index (χ0v) is 17.0. The molecule has 10 heteroatoms. The quantitative estimate of drug-likeness (QED) is 0.737. The third-order valence-electron chi connectivity index (χ3n) is 5.04. The highest BCUT2D eigenvalue weighted by atomic mass is 32.2. The number of rotatable bonds is 5. The van der Waals surface area contributed by atoms with Crippen LogP contribution >= 0.6 is 11.3 Å². The minimum atomic E-state index is -3.59. The number of aliphatic hydroxyl groups excluding tert-OH is 1. The average molecular weight is 416 g/mol. The van der Waals surface area contributed by atoms with Gasteiger partial charge in [-0.1, -0.05) is 0 Å². The van der Waals surface area contributed by atoms with Gasteiger partial charge in [-0.3, -0.25) is 9.59 Å². The Bertz CT molecular complexity index is 807. The molecule has 27 heavy (non-hydrogen) atoms. The largest absolute Gasteiger partial charge is 0.395 e. The van der Waals surface area contributed by atoms with Crippen molar-refractivity contribution in [1.82, 2.24) is 14.1 Å². The molecule has 3 heterocycles. The van der Waals surface area contributed by atoms with Gasteiger partial charge >= 0.3 is 0 Å². The molecule has 0 bridgehead atoms. The van der Waals surface area contributed by atoms with E-state index in [1.807, 2.05) is 6.92 Å². The molecule has 1 aromatic rings. The molecule has 1 N–H and O–H groups in total. The number of carbonyl (C=O) groups excluding carboxylic acids is 2. The maximum absolute atomic E-state index is 12.9. The highest BCUT2D eigenvalue weighted by molar-refractivity contribution is 7.91. The van der Waals surface area contributed by atoms with Gasteiger partial charge in [0, 0.05) is 37.6 Å². The molecule has 3 rings (SSSR count). The lowest BCUT2D eigenvalue weighted by Gasteiger charge is -2.38. The Morgan fingerprint density at radius 1 is 1.30 bits per heavy atom. The summed E-state index contributed by atoms with van der Waals surface area (Å²) in [6.07, 6.45) is 1.25. The van der Waals surface area contributed by atoms with Gasteiger partial charge in [-0.2, -0.15) is 4.31 Å². The van der Waals surface area contributed by atoms with E-state index in [1.165, 1.54) is 20.5 Å². The minimum Gasteiger partial charge on any atom is -0.395 e. The molecular formula is C17H25N3O5S2. The number of hydrogen-bond acceptors (Lipinski definition) is 6. The molecule has 8 nitrogen and oxygen atoms in total. The van der Waals surface area contributed by atoms with Crippen molar-refractivity contribution in [2.45, 2.75) is 24.0 Å². The molecular weight excluding hydrogens is 390 g/mol. The van der Waals surface area contributed by atoms with Gasteiger partial charge in [0.05, 0.1) is 19.1 Å². The Morgan fingerprint density at radius 3 is 2.70 bits per heavy atom. The second-order valence-corrected chi connectivity index (χ2v) is 10.4.